The minimum atomic E-state index is -3.64. The quantitative estimate of drug-likeness (QED) is 0.637. The highest BCUT2D eigenvalue weighted by Gasteiger charge is 2.11. The van der Waals surface area contributed by atoms with Crippen molar-refractivity contribution in [3.05, 3.63) is 12.3 Å². The summed E-state index contributed by atoms with van der Waals surface area (Å²) in [6, 6.07) is 1.33. The third kappa shape index (κ3) is 2.45. The minimum absolute atomic E-state index is 0.0201. The van der Waals surface area contributed by atoms with Gasteiger partial charge in [0, 0.05) is 17.9 Å². The summed E-state index contributed by atoms with van der Waals surface area (Å²) >= 11 is 4.15. The van der Waals surface area contributed by atoms with E-state index >= 15 is 0 Å². The third-order valence-corrected chi connectivity index (χ3v) is 1.28. The van der Waals surface area contributed by atoms with Crippen LogP contribution in [0.3, 0.4) is 0 Å². The normalized spacial score (nSPS) is 11.4. The fraction of sp³-hybridized carbons (Fsp3) is 0. The van der Waals surface area contributed by atoms with E-state index in [0.717, 1.165) is 0 Å². The molecule has 0 aliphatic heterocycles. The van der Waals surface area contributed by atoms with Gasteiger partial charge < -0.3 is 18.8 Å². The zero-order valence-corrected chi connectivity index (χ0v) is 6.38. The monoisotopic (exact) mass is 181 g/mol. The summed E-state index contributed by atoms with van der Waals surface area (Å²) in [5, 5.41) is 3.25. The highest BCUT2D eigenvalue weighted by atomic mass is 32.5. The molecule has 0 aliphatic rings. The lowest BCUT2D eigenvalue weighted by molar-refractivity contribution is 0.338. The molecule has 0 unspecified atom stereocenters. The summed E-state index contributed by atoms with van der Waals surface area (Å²) in [7, 11) is 0. The second kappa shape index (κ2) is 2.67. The van der Waals surface area contributed by atoms with E-state index in [4.69, 9.17) is 9.79 Å². The van der Waals surface area contributed by atoms with Crippen molar-refractivity contribution < 1.29 is 18.8 Å². The third-order valence-electron chi connectivity index (χ3n) is 0.627. The van der Waals surface area contributed by atoms with Gasteiger partial charge in [-0.15, -0.1) is 0 Å². The Hall–Kier alpha value is -0.420. The van der Waals surface area contributed by atoms with Gasteiger partial charge in [-0.2, -0.15) is 0 Å². The molecule has 0 saturated heterocycles. The predicted octanol–water partition coefficient (Wildman–Crippen LogP) is 0.262. The van der Waals surface area contributed by atoms with Crippen LogP contribution < -0.4 is 4.52 Å². The van der Waals surface area contributed by atoms with Gasteiger partial charge in [-0.25, -0.2) is 0 Å². The van der Waals surface area contributed by atoms with Crippen LogP contribution in [0.2, 0.25) is 0 Å². The maximum Gasteiger partial charge on any atom is 0.376 e. The van der Waals surface area contributed by atoms with Crippen molar-refractivity contribution in [3.8, 4) is 5.88 Å². The van der Waals surface area contributed by atoms with Gasteiger partial charge in [0.15, 0.2) is 0 Å². The van der Waals surface area contributed by atoms with Crippen molar-refractivity contribution in [2.75, 3.05) is 0 Å². The maximum atomic E-state index is 8.57. The van der Waals surface area contributed by atoms with Crippen molar-refractivity contribution in [1.29, 1.82) is 0 Å². The largest absolute Gasteiger partial charge is 0.403 e. The van der Waals surface area contributed by atoms with Gasteiger partial charge >= 0.3 is 6.72 Å². The molecule has 10 heavy (non-hydrogen) atoms. The second-order valence-corrected chi connectivity index (χ2v) is 4.01. The molecule has 0 aliphatic carbocycles. The average molecular weight is 181 g/mol. The van der Waals surface area contributed by atoms with E-state index in [-0.39, 0.29) is 5.88 Å². The number of aromatic nitrogens is 1. The fourth-order valence-electron chi connectivity index (χ4n) is 0.370. The summed E-state index contributed by atoms with van der Waals surface area (Å²) < 4.78 is 8.71. The Morgan fingerprint density at radius 1 is 1.70 bits per heavy atom. The van der Waals surface area contributed by atoms with E-state index < -0.39 is 6.72 Å². The van der Waals surface area contributed by atoms with Crippen LogP contribution in [0.25, 0.3) is 0 Å². The molecule has 0 bridgehead atoms. The Morgan fingerprint density at radius 2 is 2.40 bits per heavy atom. The first-order valence-electron chi connectivity index (χ1n) is 2.23. The molecular formula is C3H4NO4PS. The maximum absolute atomic E-state index is 8.57. The molecule has 1 rings (SSSR count). The summed E-state index contributed by atoms with van der Waals surface area (Å²) in [6.07, 6.45) is 1.24. The number of hydrogen-bond acceptors (Lipinski definition) is 4. The minimum Gasteiger partial charge on any atom is -0.403 e. The second-order valence-electron chi connectivity index (χ2n) is 1.42. The van der Waals surface area contributed by atoms with Crippen molar-refractivity contribution in [3.63, 3.8) is 0 Å². The molecule has 0 spiro atoms. The molecule has 1 aromatic heterocycles. The topological polar surface area (TPSA) is 75.7 Å². The van der Waals surface area contributed by atoms with E-state index in [9.17, 15) is 0 Å². The van der Waals surface area contributed by atoms with Gasteiger partial charge in [0.2, 0.25) is 0 Å². The lowest BCUT2D eigenvalue weighted by atomic mass is 10.7. The van der Waals surface area contributed by atoms with E-state index in [1.54, 1.807) is 0 Å². The first kappa shape index (κ1) is 7.68. The molecule has 56 valence electrons. The van der Waals surface area contributed by atoms with Crippen molar-refractivity contribution in [1.82, 2.24) is 5.16 Å². The first-order valence-corrected chi connectivity index (χ1v) is 4.86. The fourth-order valence-corrected chi connectivity index (χ4v) is 0.937. The average Bonchev–Trinajstić information content (AvgIpc) is 2.12. The molecule has 0 amide bonds. The summed E-state index contributed by atoms with van der Waals surface area (Å²) in [5.41, 5.74) is 0. The molecule has 0 radical (unpaired) electrons. The number of rotatable bonds is 2. The van der Waals surface area contributed by atoms with Crippen molar-refractivity contribution in [2.24, 2.45) is 0 Å². The van der Waals surface area contributed by atoms with Crippen molar-refractivity contribution in [2.45, 2.75) is 0 Å². The van der Waals surface area contributed by atoms with Gasteiger partial charge in [-0.05, 0) is 5.16 Å². The van der Waals surface area contributed by atoms with Crippen LogP contribution in [0.4, 0.5) is 0 Å². The van der Waals surface area contributed by atoms with E-state index in [2.05, 4.69) is 26.0 Å². The summed E-state index contributed by atoms with van der Waals surface area (Å²) in [5.74, 6) is -0.0201. The van der Waals surface area contributed by atoms with Gasteiger partial charge in [-0.1, -0.05) is 0 Å². The Balaban J connectivity index is 2.66. The van der Waals surface area contributed by atoms with Gasteiger partial charge in [0.05, 0.1) is 0 Å². The molecule has 2 N–H and O–H groups in total. The zero-order valence-electron chi connectivity index (χ0n) is 4.67. The molecule has 0 atom stereocenters. The molecule has 0 fully saturated rings. The van der Waals surface area contributed by atoms with Crippen molar-refractivity contribution >= 4 is 18.5 Å². The first-order chi connectivity index (χ1) is 4.58. The van der Waals surface area contributed by atoms with E-state index in [0.29, 0.717) is 0 Å². The summed E-state index contributed by atoms with van der Waals surface area (Å²) in [4.78, 5) is 17.1. The lowest BCUT2D eigenvalue weighted by Gasteiger charge is -2.04. The molecule has 1 heterocycles. The molecule has 7 heteroatoms. The Bertz CT molecular complexity index is 241. The van der Waals surface area contributed by atoms with Crippen LogP contribution in [0.15, 0.2) is 16.9 Å². The smallest absolute Gasteiger partial charge is 0.376 e. The standard InChI is InChI=1S/C3H4NO4PS/c5-9(6,10)8-3-1-2-7-4-3/h1-2H,(H2,5,6,10). The van der Waals surface area contributed by atoms with Gasteiger partial charge in [0.25, 0.3) is 5.88 Å². The molecule has 0 aromatic carbocycles. The van der Waals surface area contributed by atoms with Crippen LogP contribution in [-0.4, -0.2) is 14.9 Å². The number of nitrogens with zero attached hydrogens (tertiary/aromatic N) is 1. The van der Waals surface area contributed by atoms with Gasteiger partial charge in [-0.3, -0.25) is 0 Å². The Morgan fingerprint density at radius 3 is 2.80 bits per heavy atom. The van der Waals surface area contributed by atoms with Crippen LogP contribution in [-0.2, 0) is 11.8 Å². The van der Waals surface area contributed by atoms with Crippen LogP contribution in [0, 0.1) is 0 Å². The highest BCUT2D eigenvalue weighted by Crippen LogP contribution is 2.36. The lowest BCUT2D eigenvalue weighted by Crippen LogP contribution is -1.88. The highest BCUT2D eigenvalue weighted by molar-refractivity contribution is 8.06. The molecule has 0 saturated carbocycles. The molecular weight excluding hydrogens is 177 g/mol. The van der Waals surface area contributed by atoms with Crippen LogP contribution in [0.5, 0.6) is 5.88 Å². The van der Waals surface area contributed by atoms with E-state index in [1.807, 2.05) is 0 Å². The summed E-state index contributed by atoms with van der Waals surface area (Å²) in [6.45, 7) is -3.64. The predicted molar refractivity (Wildman–Crippen MR) is 35.9 cm³/mol. The Labute approximate surface area is 61.5 Å². The van der Waals surface area contributed by atoms with Crippen LogP contribution in [0.1, 0.15) is 0 Å². The van der Waals surface area contributed by atoms with Crippen LogP contribution >= 0.6 is 6.72 Å². The molecule has 5 nitrogen and oxygen atoms in total. The van der Waals surface area contributed by atoms with E-state index in [1.165, 1.54) is 12.3 Å². The SMILES string of the molecule is OP(O)(=S)Oc1ccon1. The molecule has 1 aromatic rings. The number of hydrogen-bond donors (Lipinski definition) is 2. The Kier molecular flexibility index (Phi) is 2.05. The zero-order chi connectivity index (χ0) is 7.61. The van der Waals surface area contributed by atoms with Gasteiger partial charge in [0.1, 0.15) is 6.26 Å².